The fourth-order valence-corrected chi connectivity index (χ4v) is 2.49. The lowest BCUT2D eigenvalue weighted by molar-refractivity contribution is -0.384. The van der Waals surface area contributed by atoms with Crippen LogP contribution < -0.4 is 0 Å². The smallest absolute Gasteiger partial charge is 0.269 e. The number of nitro groups is 1. The fraction of sp³-hybridized carbons (Fsp3) is 0.0714. The average molecular weight is 239 g/mol. The Labute approximate surface area is 103 Å². The zero-order chi connectivity index (χ0) is 12.7. The summed E-state index contributed by atoms with van der Waals surface area (Å²) in [6, 6.07) is 12.3. The number of non-ortho nitro benzene ring substituents is 1. The molecule has 0 saturated heterocycles. The first-order chi connectivity index (χ1) is 8.72. The van der Waals surface area contributed by atoms with Gasteiger partial charge in [-0.25, -0.2) is 0 Å². The first kappa shape index (κ1) is 10.7. The van der Waals surface area contributed by atoms with Gasteiger partial charge in [0.25, 0.3) is 5.69 Å². The van der Waals surface area contributed by atoms with Crippen molar-refractivity contribution >= 4 is 12.0 Å². The van der Waals surface area contributed by atoms with E-state index in [1.54, 1.807) is 6.07 Å². The number of aldehydes is 1. The minimum atomic E-state index is -0.439. The lowest BCUT2D eigenvalue weighted by Crippen LogP contribution is -1.98. The highest BCUT2D eigenvalue weighted by Crippen LogP contribution is 2.44. The predicted octanol–water partition coefficient (Wildman–Crippen LogP) is 2.91. The predicted molar refractivity (Wildman–Crippen MR) is 66.4 cm³/mol. The minimum Gasteiger partial charge on any atom is -0.302 e. The van der Waals surface area contributed by atoms with E-state index in [-0.39, 0.29) is 5.69 Å². The number of benzene rings is 2. The summed E-state index contributed by atoms with van der Waals surface area (Å²) in [5.41, 5.74) is 3.56. The van der Waals surface area contributed by atoms with Crippen molar-refractivity contribution in [3.8, 4) is 11.1 Å². The summed E-state index contributed by atoms with van der Waals surface area (Å²) in [6.07, 6.45) is 0.842. The van der Waals surface area contributed by atoms with Gasteiger partial charge in [0.15, 0.2) is 0 Å². The van der Waals surface area contributed by atoms with Crippen molar-refractivity contribution in [3.63, 3.8) is 0 Å². The van der Waals surface area contributed by atoms with Gasteiger partial charge in [-0.05, 0) is 28.3 Å². The first-order valence-electron chi connectivity index (χ1n) is 5.55. The molecule has 0 aliphatic heterocycles. The standard InChI is InChI=1S/C14H9NO3/c16-8-14-11-4-2-1-3-10(11)12-6-5-9(15(17)18)7-13(12)14/h1-8,14H. The van der Waals surface area contributed by atoms with Crippen LogP contribution in [0.4, 0.5) is 5.69 Å². The molecular weight excluding hydrogens is 230 g/mol. The second-order valence-corrected chi connectivity index (χ2v) is 4.23. The quantitative estimate of drug-likeness (QED) is 0.460. The minimum absolute atomic E-state index is 0.0217. The highest BCUT2D eigenvalue weighted by Gasteiger charge is 2.29. The molecule has 1 unspecified atom stereocenters. The molecule has 0 bridgehead atoms. The molecule has 0 radical (unpaired) electrons. The maximum atomic E-state index is 11.2. The van der Waals surface area contributed by atoms with Gasteiger partial charge in [0.2, 0.25) is 0 Å². The summed E-state index contributed by atoms with van der Waals surface area (Å²) in [6.45, 7) is 0. The van der Waals surface area contributed by atoms with Gasteiger partial charge < -0.3 is 4.79 Å². The lowest BCUT2D eigenvalue weighted by Gasteiger charge is -2.03. The maximum Gasteiger partial charge on any atom is 0.269 e. The third-order valence-corrected chi connectivity index (χ3v) is 3.30. The van der Waals surface area contributed by atoms with Crippen molar-refractivity contribution in [1.29, 1.82) is 0 Å². The van der Waals surface area contributed by atoms with Crippen LogP contribution in [0.2, 0.25) is 0 Å². The van der Waals surface area contributed by atoms with Gasteiger partial charge in [0.1, 0.15) is 6.29 Å². The Morgan fingerprint density at radius 1 is 1.06 bits per heavy atom. The number of nitrogens with zero attached hydrogens (tertiary/aromatic N) is 1. The van der Waals surface area contributed by atoms with Crippen LogP contribution in [0.5, 0.6) is 0 Å². The molecule has 0 amide bonds. The van der Waals surface area contributed by atoms with Crippen LogP contribution in [0, 0.1) is 10.1 Å². The number of rotatable bonds is 2. The van der Waals surface area contributed by atoms with Crippen molar-refractivity contribution < 1.29 is 9.72 Å². The Balaban J connectivity index is 2.27. The molecule has 3 rings (SSSR count). The fourth-order valence-electron chi connectivity index (χ4n) is 2.49. The molecule has 0 saturated carbocycles. The third-order valence-electron chi connectivity index (χ3n) is 3.30. The van der Waals surface area contributed by atoms with Gasteiger partial charge in [-0.1, -0.05) is 24.3 Å². The number of hydrogen-bond donors (Lipinski definition) is 0. The van der Waals surface area contributed by atoms with Crippen LogP contribution in [-0.2, 0) is 4.79 Å². The van der Waals surface area contributed by atoms with Gasteiger partial charge in [-0.3, -0.25) is 10.1 Å². The van der Waals surface area contributed by atoms with Crippen LogP contribution in [-0.4, -0.2) is 11.2 Å². The topological polar surface area (TPSA) is 60.2 Å². The van der Waals surface area contributed by atoms with E-state index in [2.05, 4.69) is 0 Å². The summed E-state index contributed by atoms with van der Waals surface area (Å²) < 4.78 is 0. The zero-order valence-electron chi connectivity index (χ0n) is 9.37. The Bertz CT molecular complexity index is 664. The molecule has 1 aliphatic rings. The maximum absolute atomic E-state index is 11.2. The Kier molecular flexibility index (Phi) is 2.23. The molecule has 4 heteroatoms. The summed E-state index contributed by atoms with van der Waals surface area (Å²) in [5, 5.41) is 10.8. The number of carbonyl (C=O) groups excluding carboxylic acids is 1. The van der Waals surface area contributed by atoms with Crippen LogP contribution in [0.25, 0.3) is 11.1 Å². The van der Waals surface area contributed by atoms with E-state index in [9.17, 15) is 14.9 Å². The van der Waals surface area contributed by atoms with Gasteiger partial charge >= 0.3 is 0 Å². The molecule has 0 aromatic heterocycles. The molecule has 0 fully saturated rings. The number of nitro benzene ring substituents is 1. The average Bonchev–Trinajstić information content (AvgIpc) is 2.71. The molecule has 18 heavy (non-hydrogen) atoms. The Morgan fingerprint density at radius 3 is 2.50 bits per heavy atom. The summed E-state index contributed by atoms with van der Waals surface area (Å²) in [5.74, 6) is -0.393. The number of hydrogen-bond acceptors (Lipinski definition) is 3. The van der Waals surface area contributed by atoms with Crippen molar-refractivity contribution in [2.75, 3.05) is 0 Å². The second-order valence-electron chi connectivity index (χ2n) is 4.23. The molecule has 2 aromatic carbocycles. The lowest BCUT2D eigenvalue weighted by atomic mass is 9.98. The van der Waals surface area contributed by atoms with E-state index in [4.69, 9.17) is 0 Å². The monoisotopic (exact) mass is 239 g/mol. The largest absolute Gasteiger partial charge is 0.302 e. The Hall–Kier alpha value is -2.49. The molecule has 2 aromatic rings. The second kappa shape index (κ2) is 3.77. The van der Waals surface area contributed by atoms with Crippen molar-refractivity contribution in [2.24, 2.45) is 0 Å². The summed E-state index contributed by atoms with van der Waals surface area (Å²) >= 11 is 0. The van der Waals surface area contributed by atoms with E-state index < -0.39 is 10.8 Å². The van der Waals surface area contributed by atoms with Gasteiger partial charge in [0.05, 0.1) is 10.8 Å². The van der Waals surface area contributed by atoms with E-state index in [0.717, 1.165) is 28.5 Å². The molecule has 0 spiro atoms. The highest BCUT2D eigenvalue weighted by molar-refractivity contribution is 5.88. The molecule has 1 atom stereocenters. The van der Waals surface area contributed by atoms with E-state index >= 15 is 0 Å². The third kappa shape index (κ3) is 1.35. The van der Waals surface area contributed by atoms with E-state index in [0.29, 0.717) is 0 Å². The van der Waals surface area contributed by atoms with Crippen molar-refractivity contribution in [2.45, 2.75) is 5.92 Å². The molecule has 88 valence electrons. The zero-order valence-corrected chi connectivity index (χ0v) is 9.37. The molecule has 4 nitrogen and oxygen atoms in total. The van der Waals surface area contributed by atoms with E-state index in [1.165, 1.54) is 12.1 Å². The summed E-state index contributed by atoms with van der Waals surface area (Å²) in [7, 11) is 0. The summed E-state index contributed by atoms with van der Waals surface area (Å²) in [4.78, 5) is 21.6. The molecule has 0 N–H and O–H groups in total. The van der Waals surface area contributed by atoms with Crippen molar-refractivity contribution in [1.82, 2.24) is 0 Å². The highest BCUT2D eigenvalue weighted by atomic mass is 16.6. The van der Waals surface area contributed by atoms with Crippen LogP contribution in [0.1, 0.15) is 17.0 Å². The Morgan fingerprint density at radius 2 is 1.78 bits per heavy atom. The van der Waals surface area contributed by atoms with Gasteiger partial charge in [-0.2, -0.15) is 0 Å². The molecular formula is C14H9NO3. The number of fused-ring (bicyclic) bond motifs is 3. The van der Waals surface area contributed by atoms with Crippen LogP contribution >= 0.6 is 0 Å². The van der Waals surface area contributed by atoms with Crippen molar-refractivity contribution in [3.05, 3.63) is 63.7 Å². The molecule has 1 aliphatic carbocycles. The number of carbonyl (C=O) groups is 1. The first-order valence-corrected chi connectivity index (χ1v) is 5.55. The normalized spacial score (nSPS) is 15.9. The van der Waals surface area contributed by atoms with Crippen LogP contribution in [0.3, 0.4) is 0 Å². The van der Waals surface area contributed by atoms with E-state index in [1.807, 2.05) is 24.3 Å². The molecule has 0 heterocycles. The van der Waals surface area contributed by atoms with Crippen LogP contribution in [0.15, 0.2) is 42.5 Å². The van der Waals surface area contributed by atoms with Gasteiger partial charge in [0, 0.05) is 12.1 Å². The SMILES string of the molecule is O=CC1c2ccccc2-c2ccc([N+](=O)[O-])cc21. The van der Waals surface area contributed by atoms with Gasteiger partial charge in [-0.15, -0.1) is 0 Å².